The highest BCUT2D eigenvalue weighted by atomic mass is 32.1. The first kappa shape index (κ1) is 26.8. The van der Waals surface area contributed by atoms with E-state index < -0.39 is 0 Å². The number of aryl methyl sites for hydroxylation is 1. The minimum Gasteiger partial charge on any atom is -0.397 e. The smallest absolute Gasteiger partial charge is 0.0634 e. The second-order valence-electron chi connectivity index (χ2n) is 10.8. The summed E-state index contributed by atoms with van der Waals surface area (Å²) in [4.78, 5) is 0. The van der Waals surface area contributed by atoms with Crippen LogP contribution in [0.15, 0.2) is 140 Å². The zero-order valence-electron chi connectivity index (χ0n) is 24.0. The number of rotatable bonds is 3. The van der Waals surface area contributed by atoms with Crippen molar-refractivity contribution >= 4 is 64.4 Å². The Morgan fingerprint density at radius 1 is 0.419 bits per heavy atom. The van der Waals surface area contributed by atoms with E-state index in [0.717, 1.165) is 28.0 Å². The van der Waals surface area contributed by atoms with Crippen molar-refractivity contribution in [2.45, 2.75) is 13.3 Å². The third-order valence-corrected chi connectivity index (χ3v) is 9.60. The second kappa shape index (κ2) is 11.3. The number of hydrogen-bond acceptors (Lipinski definition) is 3. The van der Waals surface area contributed by atoms with E-state index in [1.54, 1.807) is 0 Å². The number of nitrogens with two attached hydrogens (primary N) is 2. The fraction of sp³-hybridized carbons (Fsp3) is 0.0500. The van der Waals surface area contributed by atoms with Gasteiger partial charge >= 0.3 is 0 Å². The van der Waals surface area contributed by atoms with Gasteiger partial charge in [0.05, 0.1) is 11.4 Å². The SMILES string of the molecule is CCc1ccccc1-c1cccc2c1sc1c(-c3ccccc3)cccc12.Nc1c(N)c2ccccc2c2ccccc12. The van der Waals surface area contributed by atoms with Crippen LogP contribution in [-0.4, -0.2) is 0 Å². The van der Waals surface area contributed by atoms with Crippen LogP contribution >= 0.6 is 11.3 Å². The molecule has 4 N–H and O–H groups in total. The summed E-state index contributed by atoms with van der Waals surface area (Å²) in [5.41, 5.74) is 20.2. The van der Waals surface area contributed by atoms with Crippen molar-refractivity contribution in [3.63, 3.8) is 0 Å². The van der Waals surface area contributed by atoms with Gasteiger partial charge in [-0.1, -0.05) is 146 Å². The molecule has 0 aliphatic carbocycles. The lowest BCUT2D eigenvalue weighted by molar-refractivity contribution is 1.14. The molecule has 0 spiro atoms. The number of hydrogen-bond donors (Lipinski definition) is 2. The zero-order chi connectivity index (χ0) is 29.3. The lowest BCUT2D eigenvalue weighted by Gasteiger charge is -2.10. The Labute approximate surface area is 255 Å². The molecule has 8 rings (SSSR count). The quantitative estimate of drug-likeness (QED) is 0.126. The third-order valence-electron chi connectivity index (χ3n) is 8.31. The number of nitrogen functional groups attached to an aromatic ring is 2. The maximum absolute atomic E-state index is 6.06. The van der Waals surface area contributed by atoms with Crippen molar-refractivity contribution in [2.75, 3.05) is 11.5 Å². The van der Waals surface area contributed by atoms with Gasteiger partial charge in [-0.25, -0.2) is 0 Å². The Balaban J connectivity index is 0.000000160. The zero-order valence-corrected chi connectivity index (χ0v) is 24.9. The fourth-order valence-corrected chi connectivity index (χ4v) is 7.53. The molecule has 208 valence electrons. The van der Waals surface area contributed by atoms with E-state index in [1.807, 2.05) is 47.7 Å². The van der Waals surface area contributed by atoms with E-state index >= 15 is 0 Å². The van der Waals surface area contributed by atoms with Gasteiger partial charge in [-0.2, -0.15) is 0 Å². The molecular weight excluding hydrogens is 541 g/mol. The summed E-state index contributed by atoms with van der Waals surface area (Å²) in [6.45, 7) is 2.23. The summed E-state index contributed by atoms with van der Waals surface area (Å²) in [6.07, 6.45) is 1.05. The van der Waals surface area contributed by atoms with Crippen molar-refractivity contribution in [1.29, 1.82) is 0 Å². The molecule has 0 unspecified atom stereocenters. The second-order valence-corrected chi connectivity index (χ2v) is 11.8. The Bertz CT molecular complexity index is 2190. The van der Waals surface area contributed by atoms with Gasteiger partial charge in [-0.3, -0.25) is 0 Å². The van der Waals surface area contributed by atoms with E-state index in [1.165, 1.54) is 48.0 Å². The molecule has 7 aromatic carbocycles. The molecule has 43 heavy (non-hydrogen) atoms. The van der Waals surface area contributed by atoms with Gasteiger partial charge in [0, 0.05) is 30.9 Å². The topological polar surface area (TPSA) is 52.0 Å². The molecular formula is C40H32N2S. The van der Waals surface area contributed by atoms with E-state index in [-0.39, 0.29) is 0 Å². The van der Waals surface area contributed by atoms with Gasteiger partial charge in [0.15, 0.2) is 0 Å². The van der Waals surface area contributed by atoms with Crippen molar-refractivity contribution in [3.05, 3.63) is 145 Å². The van der Waals surface area contributed by atoms with Crippen molar-refractivity contribution in [2.24, 2.45) is 0 Å². The van der Waals surface area contributed by atoms with Crippen LogP contribution < -0.4 is 11.5 Å². The average Bonchev–Trinajstić information content (AvgIpc) is 3.47. The average molecular weight is 573 g/mol. The van der Waals surface area contributed by atoms with Crippen LogP contribution in [-0.2, 0) is 6.42 Å². The Morgan fingerprint density at radius 3 is 1.47 bits per heavy atom. The summed E-state index contributed by atoms with van der Waals surface area (Å²) in [6, 6.07) is 49.1. The minimum atomic E-state index is 0.675. The van der Waals surface area contributed by atoms with Crippen LogP contribution in [0.3, 0.4) is 0 Å². The summed E-state index contributed by atoms with van der Waals surface area (Å²) in [7, 11) is 0. The molecule has 1 heterocycles. The molecule has 0 atom stereocenters. The number of anilines is 2. The van der Waals surface area contributed by atoms with Gasteiger partial charge in [0.2, 0.25) is 0 Å². The van der Waals surface area contributed by atoms with E-state index in [9.17, 15) is 0 Å². The van der Waals surface area contributed by atoms with Crippen molar-refractivity contribution in [1.82, 2.24) is 0 Å². The third kappa shape index (κ3) is 4.68. The van der Waals surface area contributed by atoms with Gasteiger partial charge in [0.25, 0.3) is 0 Å². The molecule has 0 bridgehead atoms. The first-order chi connectivity index (χ1) is 21.2. The predicted octanol–water partition coefficient (Wildman–Crippen LogP) is 11.1. The van der Waals surface area contributed by atoms with Gasteiger partial charge < -0.3 is 11.5 Å². The highest BCUT2D eigenvalue weighted by molar-refractivity contribution is 7.26. The molecule has 1 aromatic heterocycles. The van der Waals surface area contributed by atoms with Crippen LogP contribution in [0.5, 0.6) is 0 Å². The van der Waals surface area contributed by atoms with E-state index in [2.05, 4.69) is 110 Å². The van der Waals surface area contributed by atoms with E-state index in [4.69, 9.17) is 11.5 Å². The minimum absolute atomic E-state index is 0.675. The summed E-state index contributed by atoms with van der Waals surface area (Å²) in [5, 5.41) is 7.08. The number of fused-ring (bicyclic) bond motifs is 6. The predicted molar refractivity (Wildman–Crippen MR) is 190 cm³/mol. The summed E-state index contributed by atoms with van der Waals surface area (Å²) < 4.78 is 2.76. The Morgan fingerprint density at radius 2 is 0.860 bits per heavy atom. The summed E-state index contributed by atoms with van der Waals surface area (Å²) in [5.74, 6) is 0. The molecule has 2 nitrogen and oxygen atoms in total. The van der Waals surface area contributed by atoms with Gasteiger partial charge in [-0.05, 0) is 45.0 Å². The largest absolute Gasteiger partial charge is 0.397 e. The van der Waals surface area contributed by atoms with Crippen LogP contribution in [0.4, 0.5) is 11.4 Å². The monoisotopic (exact) mass is 572 g/mol. The van der Waals surface area contributed by atoms with Crippen LogP contribution in [0, 0.1) is 0 Å². The molecule has 0 radical (unpaired) electrons. The molecule has 0 fully saturated rings. The van der Waals surface area contributed by atoms with Crippen LogP contribution in [0.2, 0.25) is 0 Å². The van der Waals surface area contributed by atoms with Gasteiger partial charge in [0.1, 0.15) is 0 Å². The first-order valence-corrected chi connectivity index (χ1v) is 15.5. The van der Waals surface area contributed by atoms with Crippen molar-refractivity contribution in [3.8, 4) is 22.3 Å². The maximum Gasteiger partial charge on any atom is 0.0634 e. The van der Waals surface area contributed by atoms with Crippen LogP contribution in [0.1, 0.15) is 12.5 Å². The fourth-order valence-electron chi connectivity index (χ4n) is 6.16. The van der Waals surface area contributed by atoms with E-state index in [0.29, 0.717) is 11.4 Å². The molecule has 8 aromatic rings. The maximum atomic E-state index is 6.06. The molecule has 0 aliphatic rings. The Kier molecular flexibility index (Phi) is 7.02. The highest BCUT2D eigenvalue weighted by Crippen LogP contribution is 2.44. The molecule has 0 saturated heterocycles. The number of benzene rings is 7. The molecule has 3 heteroatoms. The summed E-state index contributed by atoms with van der Waals surface area (Å²) >= 11 is 1.92. The molecule has 0 saturated carbocycles. The normalized spacial score (nSPS) is 11.2. The highest BCUT2D eigenvalue weighted by Gasteiger charge is 2.15. The lowest BCUT2D eigenvalue weighted by atomic mass is 9.96. The van der Waals surface area contributed by atoms with Crippen LogP contribution in [0.25, 0.3) is 64.0 Å². The van der Waals surface area contributed by atoms with Gasteiger partial charge in [-0.15, -0.1) is 11.3 Å². The first-order valence-electron chi connectivity index (χ1n) is 14.7. The lowest BCUT2D eigenvalue weighted by Crippen LogP contribution is -1.97. The van der Waals surface area contributed by atoms with Crippen molar-refractivity contribution < 1.29 is 0 Å². The molecule has 0 aliphatic heterocycles. The Hall–Kier alpha value is -5.12. The number of thiophene rings is 1. The standard InChI is InChI=1S/C26H20S.C14H12N2/c1-2-18-10-6-7-13-20(18)22-15-9-17-24-23-16-8-14-21(25(23)27-26(22)24)19-11-4-3-5-12-19;15-13-11-7-3-1-5-9(11)10-6-2-4-8-12(10)14(13)16/h3-17H,2H2,1H3;1-8H,15-16H2. The molecule has 0 amide bonds.